The first-order valence-electron chi connectivity index (χ1n) is 5.78. The van der Waals surface area contributed by atoms with E-state index >= 15 is 0 Å². The molecule has 1 aliphatic rings. The van der Waals surface area contributed by atoms with Gasteiger partial charge >= 0.3 is 0 Å². The monoisotopic (exact) mass is 299 g/mol. The van der Waals surface area contributed by atoms with Gasteiger partial charge in [-0.1, -0.05) is 18.9 Å². The minimum atomic E-state index is -0.487. The number of carbonyl (C=O) groups excluding carboxylic acids is 1. The Labute approximate surface area is 109 Å². The molecule has 0 atom stereocenters. The number of rotatable bonds is 3. The van der Waals surface area contributed by atoms with E-state index in [1.165, 1.54) is 6.07 Å². The molecular weight excluding hydrogens is 285 g/mol. The Bertz CT molecular complexity index is 441. The lowest BCUT2D eigenvalue weighted by Crippen LogP contribution is -2.38. The minimum absolute atomic E-state index is 0.135. The molecule has 0 amide bonds. The summed E-state index contributed by atoms with van der Waals surface area (Å²) in [7, 11) is 0. The molecule has 0 unspecified atom stereocenters. The van der Waals surface area contributed by atoms with E-state index in [0.717, 1.165) is 25.7 Å². The molecule has 1 aliphatic carbocycles. The lowest BCUT2D eigenvalue weighted by atomic mass is 9.90. The van der Waals surface area contributed by atoms with E-state index in [0.29, 0.717) is 4.47 Å². The molecule has 1 saturated carbocycles. The van der Waals surface area contributed by atoms with Crippen LogP contribution in [0.3, 0.4) is 0 Å². The Morgan fingerprint density at radius 2 is 2.06 bits per heavy atom. The van der Waals surface area contributed by atoms with Gasteiger partial charge in [-0.05, 0) is 40.9 Å². The minimum Gasteiger partial charge on any atom is -0.325 e. The molecule has 2 nitrogen and oxygen atoms in total. The number of hydrogen-bond acceptors (Lipinski definition) is 2. The standard InChI is InChI=1S/C13H15BrFNO/c14-10-5-3-4-9(12(10)15)11(17)8-13(16)6-1-2-7-13/h3-5H,1-2,6-8,16H2. The lowest BCUT2D eigenvalue weighted by molar-refractivity contribution is 0.0948. The van der Waals surface area contributed by atoms with Gasteiger partial charge < -0.3 is 5.73 Å². The quantitative estimate of drug-likeness (QED) is 0.869. The van der Waals surface area contributed by atoms with Gasteiger partial charge in [0.05, 0.1) is 10.0 Å². The smallest absolute Gasteiger partial charge is 0.167 e. The predicted octanol–water partition coefficient (Wildman–Crippen LogP) is 3.43. The molecule has 0 saturated heterocycles. The summed E-state index contributed by atoms with van der Waals surface area (Å²) in [6, 6.07) is 4.76. The first-order chi connectivity index (χ1) is 8.02. The zero-order valence-corrected chi connectivity index (χ0v) is 11.1. The summed E-state index contributed by atoms with van der Waals surface area (Å²) in [5, 5.41) is 0. The molecule has 17 heavy (non-hydrogen) atoms. The van der Waals surface area contributed by atoms with Crippen LogP contribution in [0.1, 0.15) is 42.5 Å². The second kappa shape index (κ2) is 4.86. The zero-order chi connectivity index (χ0) is 12.5. The Morgan fingerprint density at radius 3 is 2.71 bits per heavy atom. The Hall–Kier alpha value is -0.740. The molecule has 2 N–H and O–H groups in total. The number of halogens is 2. The van der Waals surface area contributed by atoms with Crippen molar-refractivity contribution >= 4 is 21.7 Å². The molecule has 0 bridgehead atoms. The van der Waals surface area contributed by atoms with E-state index < -0.39 is 11.4 Å². The first kappa shape index (κ1) is 12.7. The highest BCUT2D eigenvalue weighted by molar-refractivity contribution is 9.10. The molecule has 1 aromatic rings. The summed E-state index contributed by atoms with van der Waals surface area (Å²) in [4.78, 5) is 12.0. The van der Waals surface area contributed by atoms with E-state index in [9.17, 15) is 9.18 Å². The van der Waals surface area contributed by atoms with Crippen LogP contribution in [0.2, 0.25) is 0 Å². The molecule has 1 fully saturated rings. The third-order valence-electron chi connectivity index (χ3n) is 3.36. The van der Waals surface area contributed by atoms with Crippen molar-refractivity contribution in [3.8, 4) is 0 Å². The number of Topliss-reactive ketones (excluding diaryl/α,β-unsaturated/α-hetero) is 1. The number of benzene rings is 1. The number of hydrogen-bond donors (Lipinski definition) is 1. The number of carbonyl (C=O) groups is 1. The van der Waals surface area contributed by atoms with Crippen molar-refractivity contribution in [3.63, 3.8) is 0 Å². The average molecular weight is 300 g/mol. The van der Waals surface area contributed by atoms with Crippen LogP contribution < -0.4 is 5.73 Å². The fraction of sp³-hybridized carbons (Fsp3) is 0.462. The Kier molecular flexibility index (Phi) is 3.64. The van der Waals surface area contributed by atoms with E-state index in [1.54, 1.807) is 12.1 Å². The van der Waals surface area contributed by atoms with Gasteiger partial charge in [0.15, 0.2) is 5.78 Å². The number of nitrogens with two attached hydrogens (primary N) is 1. The van der Waals surface area contributed by atoms with Crippen LogP contribution in [0.25, 0.3) is 0 Å². The maximum Gasteiger partial charge on any atom is 0.167 e. The van der Waals surface area contributed by atoms with Crippen molar-refractivity contribution in [2.24, 2.45) is 5.73 Å². The van der Waals surface area contributed by atoms with Gasteiger partial charge in [0.2, 0.25) is 0 Å². The molecule has 0 aliphatic heterocycles. The molecule has 4 heteroatoms. The third kappa shape index (κ3) is 2.75. The number of ketones is 1. The van der Waals surface area contributed by atoms with Gasteiger partial charge in [-0.15, -0.1) is 0 Å². The molecular formula is C13H15BrFNO. The summed E-state index contributed by atoms with van der Waals surface area (Å²) < 4.78 is 14.1. The zero-order valence-electron chi connectivity index (χ0n) is 9.51. The van der Waals surface area contributed by atoms with Crippen LogP contribution >= 0.6 is 15.9 Å². The van der Waals surface area contributed by atoms with Crippen LogP contribution in [0.15, 0.2) is 22.7 Å². The van der Waals surface area contributed by atoms with E-state index in [4.69, 9.17) is 5.73 Å². The highest BCUT2D eigenvalue weighted by Crippen LogP contribution is 2.32. The van der Waals surface area contributed by atoms with Crippen LogP contribution in [0.5, 0.6) is 0 Å². The van der Waals surface area contributed by atoms with E-state index in [1.807, 2.05) is 0 Å². The van der Waals surface area contributed by atoms with Crippen LogP contribution in [-0.2, 0) is 0 Å². The van der Waals surface area contributed by atoms with Crippen LogP contribution in [0, 0.1) is 5.82 Å². The van der Waals surface area contributed by atoms with Crippen molar-refractivity contribution in [1.29, 1.82) is 0 Å². The maximum absolute atomic E-state index is 13.7. The topological polar surface area (TPSA) is 43.1 Å². The molecule has 0 aromatic heterocycles. The van der Waals surface area contributed by atoms with Gasteiger partial charge in [0.25, 0.3) is 0 Å². The van der Waals surface area contributed by atoms with Gasteiger partial charge in [-0.3, -0.25) is 4.79 Å². The predicted molar refractivity (Wildman–Crippen MR) is 68.4 cm³/mol. The van der Waals surface area contributed by atoms with Crippen molar-refractivity contribution in [1.82, 2.24) is 0 Å². The Morgan fingerprint density at radius 1 is 1.41 bits per heavy atom. The summed E-state index contributed by atoms with van der Waals surface area (Å²) in [6.07, 6.45) is 4.07. The molecule has 1 aromatic carbocycles. The van der Waals surface area contributed by atoms with Gasteiger partial charge in [-0.25, -0.2) is 4.39 Å². The Balaban J connectivity index is 2.17. The van der Waals surface area contributed by atoms with Crippen molar-refractivity contribution < 1.29 is 9.18 Å². The van der Waals surface area contributed by atoms with E-state index in [2.05, 4.69) is 15.9 Å². The highest BCUT2D eigenvalue weighted by atomic mass is 79.9. The summed E-state index contributed by atoms with van der Waals surface area (Å²) in [5.41, 5.74) is 5.84. The molecule has 92 valence electrons. The van der Waals surface area contributed by atoms with Crippen LogP contribution in [0.4, 0.5) is 4.39 Å². The lowest BCUT2D eigenvalue weighted by Gasteiger charge is -2.22. The van der Waals surface area contributed by atoms with Gasteiger partial charge in [-0.2, -0.15) is 0 Å². The van der Waals surface area contributed by atoms with Crippen LogP contribution in [-0.4, -0.2) is 11.3 Å². The second-order valence-corrected chi connectivity index (χ2v) is 5.63. The largest absolute Gasteiger partial charge is 0.325 e. The highest BCUT2D eigenvalue weighted by Gasteiger charge is 2.32. The summed E-state index contributed by atoms with van der Waals surface area (Å²) >= 11 is 3.08. The summed E-state index contributed by atoms with van der Waals surface area (Å²) in [6.45, 7) is 0. The second-order valence-electron chi connectivity index (χ2n) is 4.77. The fourth-order valence-corrected chi connectivity index (χ4v) is 2.76. The SMILES string of the molecule is NC1(CC(=O)c2cccc(Br)c2F)CCCC1. The van der Waals surface area contributed by atoms with Gasteiger partial charge in [0.1, 0.15) is 5.82 Å². The van der Waals surface area contributed by atoms with Crippen molar-refractivity contribution in [2.75, 3.05) is 0 Å². The van der Waals surface area contributed by atoms with E-state index in [-0.39, 0.29) is 17.8 Å². The summed E-state index contributed by atoms with van der Waals surface area (Å²) in [5.74, 6) is -0.688. The molecule has 0 radical (unpaired) electrons. The van der Waals surface area contributed by atoms with Crippen molar-refractivity contribution in [3.05, 3.63) is 34.1 Å². The maximum atomic E-state index is 13.7. The normalized spacial score (nSPS) is 18.3. The average Bonchev–Trinajstić information content (AvgIpc) is 2.68. The third-order valence-corrected chi connectivity index (χ3v) is 3.98. The fourth-order valence-electron chi connectivity index (χ4n) is 2.39. The molecule has 2 rings (SSSR count). The molecule has 0 spiro atoms. The van der Waals surface area contributed by atoms with Crippen molar-refractivity contribution in [2.45, 2.75) is 37.6 Å². The van der Waals surface area contributed by atoms with Gasteiger partial charge in [0, 0.05) is 12.0 Å². The first-order valence-corrected chi connectivity index (χ1v) is 6.57. The molecule has 0 heterocycles.